The molecule has 0 unspecified atom stereocenters. The Balaban J connectivity index is 1.62. The van der Waals surface area contributed by atoms with Crippen molar-refractivity contribution in [2.45, 2.75) is 18.7 Å². The van der Waals surface area contributed by atoms with E-state index in [9.17, 15) is 0 Å². The zero-order valence-electron chi connectivity index (χ0n) is 14.6. The van der Waals surface area contributed by atoms with E-state index in [2.05, 4.69) is 28.1 Å². The molecule has 3 aromatic rings. The fourth-order valence-electron chi connectivity index (χ4n) is 3.76. The molecule has 0 aromatic heterocycles. The highest BCUT2D eigenvalue weighted by molar-refractivity contribution is 9.10. The second-order valence-corrected chi connectivity index (χ2v) is 8.59. The molecular weight excluding hydrogens is 459 g/mol. The van der Waals surface area contributed by atoms with E-state index in [0.717, 1.165) is 39.0 Å². The van der Waals surface area contributed by atoms with Crippen molar-refractivity contribution in [3.8, 4) is 5.75 Å². The topological polar surface area (TPSA) is 24.8 Å². The molecular formula is C22H15BrCl2N2O. The van der Waals surface area contributed by atoms with Crippen LogP contribution in [0.2, 0.25) is 10.0 Å². The summed E-state index contributed by atoms with van der Waals surface area (Å²) in [6.45, 7) is 0. The van der Waals surface area contributed by atoms with Crippen molar-refractivity contribution >= 4 is 44.8 Å². The van der Waals surface area contributed by atoms with Crippen LogP contribution in [0.15, 0.2) is 76.3 Å². The van der Waals surface area contributed by atoms with E-state index in [-0.39, 0.29) is 12.3 Å². The third-order valence-electron chi connectivity index (χ3n) is 5.10. The van der Waals surface area contributed by atoms with Gasteiger partial charge in [-0.3, -0.25) is 0 Å². The van der Waals surface area contributed by atoms with Crippen molar-refractivity contribution in [3.63, 3.8) is 0 Å². The lowest BCUT2D eigenvalue weighted by Gasteiger charge is -2.38. The number of hydrogen-bond donors (Lipinski definition) is 0. The molecule has 2 heterocycles. The molecule has 0 aliphatic carbocycles. The van der Waals surface area contributed by atoms with Crippen LogP contribution < -0.4 is 4.74 Å². The highest BCUT2D eigenvalue weighted by Gasteiger charge is 2.41. The molecule has 3 nitrogen and oxygen atoms in total. The van der Waals surface area contributed by atoms with E-state index < -0.39 is 0 Å². The average Bonchev–Trinajstić information content (AvgIpc) is 3.14. The van der Waals surface area contributed by atoms with E-state index in [0.29, 0.717) is 10.0 Å². The molecule has 2 aliphatic heterocycles. The van der Waals surface area contributed by atoms with Gasteiger partial charge in [0, 0.05) is 32.1 Å². The van der Waals surface area contributed by atoms with Crippen molar-refractivity contribution in [2.75, 3.05) is 0 Å². The second-order valence-electron chi connectivity index (χ2n) is 6.83. The Kier molecular flexibility index (Phi) is 4.58. The first-order valence-corrected chi connectivity index (χ1v) is 10.5. The van der Waals surface area contributed by atoms with Crippen LogP contribution in [0.5, 0.6) is 5.75 Å². The Morgan fingerprint density at radius 3 is 2.54 bits per heavy atom. The first-order chi connectivity index (χ1) is 13.6. The van der Waals surface area contributed by atoms with E-state index >= 15 is 0 Å². The minimum absolute atomic E-state index is 0.0439. The molecule has 0 fully saturated rings. The van der Waals surface area contributed by atoms with Gasteiger partial charge >= 0.3 is 0 Å². The normalized spacial score (nSPS) is 20.2. The number of hydrazone groups is 1. The van der Waals surface area contributed by atoms with Gasteiger partial charge in [0.05, 0.1) is 11.8 Å². The predicted octanol–water partition coefficient (Wildman–Crippen LogP) is 7.00. The summed E-state index contributed by atoms with van der Waals surface area (Å²) in [5.74, 6) is 0.822. The van der Waals surface area contributed by atoms with E-state index in [1.165, 1.54) is 0 Å². The molecule has 28 heavy (non-hydrogen) atoms. The van der Waals surface area contributed by atoms with Gasteiger partial charge < -0.3 is 4.74 Å². The third-order valence-corrected chi connectivity index (χ3v) is 6.21. The maximum atomic E-state index is 6.49. The fourth-order valence-corrected chi connectivity index (χ4v) is 4.43. The molecule has 6 heteroatoms. The summed E-state index contributed by atoms with van der Waals surface area (Å²) in [5.41, 5.74) is 4.06. The van der Waals surface area contributed by atoms with Gasteiger partial charge in [0.15, 0.2) is 0 Å². The van der Waals surface area contributed by atoms with Crippen molar-refractivity contribution in [3.05, 3.63) is 97.9 Å². The van der Waals surface area contributed by atoms with Gasteiger partial charge in [-0.05, 0) is 42.0 Å². The summed E-state index contributed by atoms with van der Waals surface area (Å²) < 4.78 is 7.38. The van der Waals surface area contributed by atoms with Gasteiger partial charge in [-0.25, -0.2) is 5.01 Å². The van der Waals surface area contributed by atoms with Crippen molar-refractivity contribution < 1.29 is 4.74 Å². The Bertz CT molecular complexity index is 1080. The molecule has 5 rings (SSSR count). The zero-order chi connectivity index (χ0) is 19.3. The minimum atomic E-state index is -0.389. The Morgan fingerprint density at radius 1 is 0.964 bits per heavy atom. The van der Waals surface area contributed by atoms with Crippen molar-refractivity contribution in [1.82, 2.24) is 5.01 Å². The molecule has 0 bridgehead atoms. The maximum absolute atomic E-state index is 6.49. The van der Waals surface area contributed by atoms with Gasteiger partial charge in [0.2, 0.25) is 6.23 Å². The molecule has 0 spiro atoms. The largest absolute Gasteiger partial charge is 0.464 e. The molecule has 0 N–H and O–H groups in total. The van der Waals surface area contributed by atoms with Crippen LogP contribution in [-0.4, -0.2) is 10.7 Å². The Labute approximate surface area is 181 Å². The smallest absolute Gasteiger partial charge is 0.215 e. The number of ether oxygens (including phenoxy) is 1. The quantitative estimate of drug-likeness (QED) is 0.400. The molecule has 2 aliphatic rings. The summed E-state index contributed by atoms with van der Waals surface area (Å²) >= 11 is 16.3. The molecule has 140 valence electrons. The summed E-state index contributed by atoms with van der Waals surface area (Å²) in [7, 11) is 0. The summed E-state index contributed by atoms with van der Waals surface area (Å²) in [6.07, 6.45) is 0.388. The molecule has 0 saturated carbocycles. The van der Waals surface area contributed by atoms with Crippen LogP contribution in [0.4, 0.5) is 0 Å². The molecule has 0 radical (unpaired) electrons. The predicted molar refractivity (Wildman–Crippen MR) is 116 cm³/mol. The second kappa shape index (κ2) is 7.11. The van der Waals surface area contributed by atoms with Crippen LogP contribution in [-0.2, 0) is 0 Å². The summed E-state index contributed by atoms with van der Waals surface area (Å²) in [5, 5.41) is 8.31. The number of fused-ring (bicyclic) bond motifs is 3. The van der Waals surface area contributed by atoms with Crippen molar-refractivity contribution in [2.24, 2.45) is 5.10 Å². The lowest BCUT2D eigenvalue weighted by molar-refractivity contribution is -0.0189. The van der Waals surface area contributed by atoms with Gasteiger partial charge in [0.1, 0.15) is 5.75 Å². The lowest BCUT2D eigenvalue weighted by Crippen LogP contribution is -2.33. The SMILES string of the molecule is Clc1ccc2c(c1)[C@H]1CC(c3ccc(Br)cc3)=NN1[C@@H](c1ccccc1Cl)O2. The van der Waals surface area contributed by atoms with E-state index in [1.54, 1.807) is 0 Å². The number of hydrogen-bond acceptors (Lipinski definition) is 3. The summed E-state index contributed by atoms with van der Waals surface area (Å²) in [6, 6.07) is 21.7. The van der Waals surface area contributed by atoms with Crippen LogP contribution >= 0.6 is 39.1 Å². The van der Waals surface area contributed by atoms with E-state index in [1.807, 2.05) is 59.6 Å². The monoisotopic (exact) mass is 472 g/mol. The zero-order valence-corrected chi connectivity index (χ0v) is 17.7. The molecule has 0 saturated heterocycles. The molecule has 3 aromatic carbocycles. The molecule has 0 amide bonds. The van der Waals surface area contributed by atoms with Crippen molar-refractivity contribution in [1.29, 1.82) is 0 Å². The average molecular weight is 474 g/mol. The highest BCUT2D eigenvalue weighted by Crippen LogP contribution is 2.49. The Hall–Kier alpha value is -2.01. The van der Waals surface area contributed by atoms with Gasteiger partial charge in [0.25, 0.3) is 0 Å². The standard InChI is InChI=1S/C22H15BrCl2N2O/c23-14-7-5-13(6-8-14)19-12-20-17-11-15(24)9-10-21(17)28-22(27(20)26-19)16-3-1-2-4-18(16)25/h1-11,20,22H,12H2/t20-,22-/m1/s1. The summed E-state index contributed by atoms with van der Waals surface area (Å²) in [4.78, 5) is 0. The fraction of sp³-hybridized carbons (Fsp3) is 0.136. The van der Waals surface area contributed by atoms with Gasteiger partial charge in [-0.2, -0.15) is 5.10 Å². The van der Waals surface area contributed by atoms with Crippen LogP contribution in [0.3, 0.4) is 0 Å². The number of benzene rings is 3. The number of rotatable bonds is 2. The van der Waals surface area contributed by atoms with E-state index in [4.69, 9.17) is 33.0 Å². The van der Waals surface area contributed by atoms with Gasteiger partial charge in [-0.1, -0.05) is 69.5 Å². The Morgan fingerprint density at radius 2 is 1.75 bits per heavy atom. The van der Waals surface area contributed by atoms with Crippen LogP contribution in [0, 0.1) is 0 Å². The minimum Gasteiger partial charge on any atom is -0.464 e. The lowest BCUT2D eigenvalue weighted by atomic mass is 9.96. The highest BCUT2D eigenvalue weighted by atomic mass is 79.9. The first kappa shape index (κ1) is 18.0. The maximum Gasteiger partial charge on any atom is 0.215 e. The number of halogens is 3. The van der Waals surface area contributed by atoms with Crippen LogP contribution in [0.25, 0.3) is 0 Å². The molecule has 2 atom stereocenters. The number of nitrogens with zero attached hydrogens (tertiary/aromatic N) is 2. The van der Waals surface area contributed by atoms with Crippen LogP contribution in [0.1, 0.15) is 35.4 Å². The first-order valence-electron chi connectivity index (χ1n) is 8.92. The van der Waals surface area contributed by atoms with Gasteiger partial charge in [-0.15, -0.1) is 0 Å². The third kappa shape index (κ3) is 3.10.